The van der Waals surface area contributed by atoms with Crippen LogP contribution in [-0.2, 0) is 15.0 Å². The molecule has 7 heteroatoms. The molecule has 1 amide bonds. The Balaban J connectivity index is 2.18. The van der Waals surface area contributed by atoms with E-state index in [1.807, 2.05) is 6.92 Å². The van der Waals surface area contributed by atoms with Crippen LogP contribution in [-0.4, -0.2) is 31.7 Å². The van der Waals surface area contributed by atoms with Crippen molar-refractivity contribution in [3.63, 3.8) is 0 Å². The molecule has 2 rings (SSSR count). The minimum Gasteiger partial charge on any atom is -0.368 e. The van der Waals surface area contributed by atoms with Crippen LogP contribution in [0.3, 0.4) is 0 Å². The highest BCUT2D eigenvalue weighted by atomic mass is 32.2. The average Bonchev–Trinajstić information content (AvgIpc) is 2.45. The summed E-state index contributed by atoms with van der Waals surface area (Å²) in [5, 5.41) is 0. The molecule has 0 radical (unpaired) electrons. The summed E-state index contributed by atoms with van der Waals surface area (Å²) in [7, 11) is -3.73. The van der Waals surface area contributed by atoms with E-state index in [2.05, 4.69) is 4.72 Å². The molecule has 1 fully saturated rings. The van der Waals surface area contributed by atoms with Gasteiger partial charge in [0.25, 0.3) is 10.2 Å². The van der Waals surface area contributed by atoms with E-state index in [-0.39, 0.29) is 0 Å². The number of nitrogens with zero attached hydrogens (tertiary/aromatic N) is 1. The van der Waals surface area contributed by atoms with Gasteiger partial charge in [0.2, 0.25) is 5.91 Å². The summed E-state index contributed by atoms with van der Waals surface area (Å²) in [5.74, 6) is -0.395. The zero-order chi connectivity index (χ0) is 15.5. The molecule has 21 heavy (non-hydrogen) atoms. The monoisotopic (exact) mass is 311 g/mol. The molecule has 1 aromatic carbocycles. The van der Waals surface area contributed by atoms with Crippen molar-refractivity contribution in [1.82, 2.24) is 9.03 Å². The van der Waals surface area contributed by atoms with Crippen LogP contribution in [0.4, 0.5) is 0 Å². The van der Waals surface area contributed by atoms with Gasteiger partial charge in [0.15, 0.2) is 0 Å². The van der Waals surface area contributed by atoms with E-state index in [1.54, 1.807) is 30.3 Å². The molecule has 1 aliphatic rings. The summed E-state index contributed by atoms with van der Waals surface area (Å²) in [6, 6.07) is 7.58. The molecule has 1 aliphatic heterocycles. The van der Waals surface area contributed by atoms with E-state index in [4.69, 9.17) is 5.73 Å². The molecule has 0 aliphatic carbocycles. The molecule has 0 aromatic heterocycles. The van der Waals surface area contributed by atoms with Crippen molar-refractivity contribution in [3.8, 4) is 0 Å². The van der Waals surface area contributed by atoms with Crippen molar-refractivity contribution < 1.29 is 13.2 Å². The van der Waals surface area contributed by atoms with Crippen LogP contribution in [0.25, 0.3) is 0 Å². The summed E-state index contributed by atoms with van der Waals surface area (Å²) >= 11 is 0. The number of hydrogen-bond donors (Lipinski definition) is 2. The molecular formula is C14H21N3O3S. The Bertz CT molecular complexity index is 589. The Labute approximate surface area is 125 Å². The molecule has 116 valence electrons. The molecular weight excluding hydrogens is 290 g/mol. The first kappa shape index (κ1) is 15.9. The Morgan fingerprint density at radius 1 is 1.38 bits per heavy atom. The van der Waals surface area contributed by atoms with Gasteiger partial charge in [-0.25, -0.2) is 0 Å². The largest absolute Gasteiger partial charge is 0.368 e. The fourth-order valence-electron chi connectivity index (χ4n) is 2.52. The molecule has 0 unspecified atom stereocenters. The number of carbonyl (C=O) groups excluding carboxylic acids is 1. The number of primary amides is 1. The topological polar surface area (TPSA) is 92.5 Å². The van der Waals surface area contributed by atoms with Crippen molar-refractivity contribution in [2.24, 2.45) is 11.7 Å². The third-order valence-corrected chi connectivity index (χ3v) is 5.19. The van der Waals surface area contributed by atoms with Crippen molar-refractivity contribution in [2.45, 2.75) is 25.8 Å². The van der Waals surface area contributed by atoms with E-state index in [1.165, 1.54) is 4.31 Å². The van der Waals surface area contributed by atoms with Crippen LogP contribution < -0.4 is 10.5 Å². The van der Waals surface area contributed by atoms with Crippen LogP contribution >= 0.6 is 0 Å². The minimum atomic E-state index is -3.73. The van der Waals surface area contributed by atoms with Gasteiger partial charge in [-0.3, -0.25) is 4.79 Å². The first-order valence-electron chi connectivity index (χ1n) is 7.02. The predicted molar refractivity (Wildman–Crippen MR) is 80.4 cm³/mol. The fourth-order valence-corrected chi connectivity index (χ4v) is 4.04. The van der Waals surface area contributed by atoms with Gasteiger partial charge in [-0.15, -0.1) is 0 Å². The van der Waals surface area contributed by atoms with Gasteiger partial charge in [0.1, 0.15) is 6.04 Å². The van der Waals surface area contributed by atoms with E-state index >= 15 is 0 Å². The lowest BCUT2D eigenvalue weighted by Crippen LogP contribution is -2.48. The minimum absolute atomic E-state index is 0.319. The second-order valence-electron chi connectivity index (χ2n) is 5.47. The molecule has 2 atom stereocenters. The number of nitrogens with one attached hydrogen (secondary N) is 1. The lowest BCUT2D eigenvalue weighted by molar-refractivity contribution is -0.119. The van der Waals surface area contributed by atoms with Gasteiger partial charge in [0, 0.05) is 13.1 Å². The van der Waals surface area contributed by atoms with Crippen LogP contribution in [0.1, 0.15) is 31.4 Å². The van der Waals surface area contributed by atoms with E-state index in [0.29, 0.717) is 24.6 Å². The summed E-state index contributed by atoms with van der Waals surface area (Å²) in [6.07, 6.45) is 1.85. The van der Waals surface area contributed by atoms with E-state index in [0.717, 1.165) is 12.8 Å². The average molecular weight is 311 g/mol. The maximum Gasteiger partial charge on any atom is 0.280 e. The van der Waals surface area contributed by atoms with Gasteiger partial charge >= 0.3 is 0 Å². The number of carbonyl (C=O) groups is 1. The van der Waals surface area contributed by atoms with Gasteiger partial charge < -0.3 is 5.73 Å². The lowest BCUT2D eigenvalue weighted by atomic mass is 10.0. The summed E-state index contributed by atoms with van der Waals surface area (Å²) in [4.78, 5) is 11.6. The third kappa shape index (κ3) is 4.03. The summed E-state index contributed by atoms with van der Waals surface area (Å²) < 4.78 is 28.7. The smallest absolute Gasteiger partial charge is 0.280 e. The summed E-state index contributed by atoms with van der Waals surface area (Å²) in [5.41, 5.74) is 5.89. The SMILES string of the molecule is C[C@H]1CCCN(S(=O)(=O)N[C@@H](C(N)=O)c2ccccc2)C1. The molecule has 0 saturated carbocycles. The molecule has 0 spiro atoms. The lowest BCUT2D eigenvalue weighted by Gasteiger charge is -2.31. The Morgan fingerprint density at radius 2 is 2.05 bits per heavy atom. The molecule has 1 aromatic rings. The highest BCUT2D eigenvalue weighted by molar-refractivity contribution is 7.87. The first-order valence-corrected chi connectivity index (χ1v) is 8.46. The molecule has 3 N–H and O–H groups in total. The standard InChI is InChI=1S/C14H21N3O3S/c1-11-6-5-9-17(10-11)21(19,20)16-13(14(15)18)12-7-3-2-4-8-12/h2-4,7-8,11,13,16H,5-6,9-10H2,1H3,(H2,15,18)/t11-,13+/m0/s1. The Kier molecular flexibility index (Phi) is 4.97. The van der Waals surface area contributed by atoms with Crippen LogP contribution in [0.5, 0.6) is 0 Å². The molecule has 1 heterocycles. The number of benzene rings is 1. The van der Waals surface area contributed by atoms with Crippen molar-refractivity contribution in [3.05, 3.63) is 35.9 Å². The van der Waals surface area contributed by atoms with Crippen LogP contribution in [0.2, 0.25) is 0 Å². The van der Waals surface area contributed by atoms with E-state index < -0.39 is 22.2 Å². The predicted octanol–water partition coefficient (Wildman–Crippen LogP) is 0.779. The first-order chi connectivity index (χ1) is 9.90. The summed E-state index contributed by atoms with van der Waals surface area (Å²) in [6.45, 7) is 2.96. The van der Waals surface area contributed by atoms with Gasteiger partial charge in [-0.1, -0.05) is 37.3 Å². The number of hydrogen-bond acceptors (Lipinski definition) is 3. The number of amides is 1. The maximum atomic E-state index is 12.4. The van der Waals surface area contributed by atoms with Crippen molar-refractivity contribution in [1.29, 1.82) is 0 Å². The Hall–Kier alpha value is -1.44. The number of piperidine rings is 1. The number of rotatable bonds is 5. The Morgan fingerprint density at radius 3 is 2.62 bits per heavy atom. The highest BCUT2D eigenvalue weighted by Gasteiger charge is 2.31. The number of nitrogens with two attached hydrogens (primary N) is 1. The van der Waals surface area contributed by atoms with Gasteiger partial charge in [0.05, 0.1) is 0 Å². The zero-order valence-corrected chi connectivity index (χ0v) is 12.8. The second-order valence-corrected chi connectivity index (χ2v) is 7.18. The third-order valence-electron chi connectivity index (χ3n) is 3.64. The van der Waals surface area contributed by atoms with Crippen LogP contribution in [0.15, 0.2) is 30.3 Å². The normalized spacial score (nSPS) is 21.9. The van der Waals surface area contributed by atoms with E-state index in [9.17, 15) is 13.2 Å². The zero-order valence-electron chi connectivity index (χ0n) is 12.0. The van der Waals surface area contributed by atoms with Crippen molar-refractivity contribution in [2.75, 3.05) is 13.1 Å². The molecule has 0 bridgehead atoms. The quantitative estimate of drug-likeness (QED) is 0.841. The van der Waals surface area contributed by atoms with Gasteiger partial charge in [-0.05, 0) is 24.3 Å². The molecule has 1 saturated heterocycles. The van der Waals surface area contributed by atoms with Gasteiger partial charge in [-0.2, -0.15) is 17.4 Å². The maximum absolute atomic E-state index is 12.4. The second kappa shape index (κ2) is 6.55. The van der Waals surface area contributed by atoms with Crippen LogP contribution in [0, 0.1) is 5.92 Å². The highest BCUT2D eigenvalue weighted by Crippen LogP contribution is 2.20. The van der Waals surface area contributed by atoms with Crippen molar-refractivity contribution >= 4 is 16.1 Å². The fraction of sp³-hybridized carbons (Fsp3) is 0.500. The molecule has 6 nitrogen and oxygen atoms in total.